The summed E-state index contributed by atoms with van der Waals surface area (Å²) in [5.74, 6) is 0. The van der Waals surface area contributed by atoms with E-state index in [0.717, 1.165) is 6.42 Å². The summed E-state index contributed by atoms with van der Waals surface area (Å²) in [6.45, 7) is 6.08. The monoisotopic (exact) mass is 266 g/mol. The van der Waals surface area contributed by atoms with Crippen LogP contribution in [0.1, 0.15) is 43.1 Å². The Balaban J connectivity index is 3.03. The summed E-state index contributed by atoms with van der Waals surface area (Å²) in [6, 6.07) is -0.110. The molecule has 0 fully saturated rings. The fourth-order valence-corrected chi connectivity index (χ4v) is 2.78. The third kappa shape index (κ3) is 3.19. The Hall–Kier alpha value is -0.620. The maximum Gasteiger partial charge on any atom is 0.443 e. The molecule has 0 amide bonds. The molecule has 98 valence electrons. The normalized spacial score (nSPS) is 15.0. The molecule has 0 spiro atoms. The van der Waals surface area contributed by atoms with Crippen LogP contribution in [0.3, 0.4) is 0 Å². The number of thiazole rings is 1. The molecule has 0 aliphatic rings. The van der Waals surface area contributed by atoms with E-state index in [0.29, 0.717) is 16.2 Å². The topological polar surface area (TPSA) is 24.9 Å². The quantitative estimate of drug-likeness (QED) is 0.895. The van der Waals surface area contributed by atoms with Gasteiger partial charge in [0.25, 0.3) is 0 Å². The number of rotatable bonds is 4. The lowest BCUT2D eigenvalue weighted by Crippen LogP contribution is -2.30. The van der Waals surface area contributed by atoms with Gasteiger partial charge in [-0.15, -0.1) is 11.3 Å². The van der Waals surface area contributed by atoms with Gasteiger partial charge < -0.3 is 5.32 Å². The zero-order valence-corrected chi connectivity index (χ0v) is 11.2. The third-order valence-corrected chi connectivity index (χ3v) is 4.14. The van der Waals surface area contributed by atoms with E-state index >= 15 is 0 Å². The summed E-state index contributed by atoms with van der Waals surface area (Å²) >= 11 is 0.716. The molecule has 1 rings (SSSR count). The number of hydrogen-bond donors (Lipinski definition) is 1. The molecule has 0 saturated heterocycles. The SMILES string of the molecule is CCC(C)(C)C(NC)c1cnc(C(F)(F)F)s1. The standard InChI is InChI=1S/C11H17F3N2S/c1-5-10(2,3)8(15-4)7-6-16-9(17-7)11(12,13)14/h6,8,15H,5H2,1-4H3. The first-order valence-corrected chi connectivity index (χ1v) is 6.24. The summed E-state index contributed by atoms with van der Waals surface area (Å²) in [7, 11) is 1.76. The van der Waals surface area contributed by atoms with Crippen LogP contribution in [0.2, 0.25) is 0 Å². The van der Waals surface area contributed by atoms with Crippen LogP contribution in [-0.2, 0) is 6.18 Å². The maximum atomic E-state index is 12.5. The summed E-state index contributed by atoms with van der Waals surface area (Å²) in [5, 5.41) is 2.30. The van der Waals surface area contributed by atoms with Crippen LogP contribution in [0.15, 0.2) is 6.20 Å². The third-order valence-electron chi connectivity index (χ3n) is 3.03. The van der Waals surface area contributed by atoms with Gasteiger partial charge in [-0.3, -0.25) is 0 Å². The molecular weight excluding hydrogens is 249 g/mol. The number of halogens is 3. The highest BCUT2D eigenvalue weighted by Crippen LogP contribution is 2.41. The molecule has 1 N–H and O–H groups in total. The molecule has 0 aromatic carbocycles. The lowest BCUT2D eigenvalue weighted by molar-refractivity contribution is -0.137. The highest BCUT2D eigenvalue weighted by molar-refractivity contribution is 7.11. The fourth-order valence-electron chi connectivity index (χ4n) is 1.67. The van der Waals surface area contributed by atoms with Gasteiger partial charge >= 0.3 is 6.18 Å². The molecule has 0 aliphatic heterocycles. The van der Waals surface area contributed by atoms with Crippen LogP contribution in [0, 0.1) is 5.41 Å². The molecule has 1 heterocycles. The van der Waals surface area contributed by atoms with Gasteiger partial charge in [0, 0.05) is 17.1 Å². The van der Waals surface area contributed by atoms with Crippen molar-refractivity contribution in [2.24, 2.45) is 5.41 Å². The van der Waals surface area contributed by atoms with Crippen molar-refractivity contribution in [2.45, 2.75) is 39.4 Å². The number of nitrogens with one attached hydrogen (secondary N) is 1. The predicted octanol–water partition coefficient (Wildman–Crippen LogP) is 3.86. The molecule has 0 saturated carbocycles. The lowest BCUT2D eigenvalue weighted by atomic mass is 9.81. The second-order valence-electron chi connectivity index (χ2n) is 4.63. The first-order chi connectivity index (χ1) is 7.72. The van der Waals surface area contributed by atoms with Crippen LogP contribution >= 0.6 is 11.3 Å². The van der Waals surface area contributed by atoms with Crippen LogP contribution in [0.4, 0.5) is 13.2 Å². The summed E-state index contributed by atoms with van der Waals surface area (Å²) < 4.78 is 37.4. The van der Waals surface area contributed by atoms with Gasteiger partial charge in [-0.05, 0) is 18.9 Å². The number of alkyl halides is 3. The van der Waals surface area contributed by atoms with E-state index in [1.807, 2.05) is 20.8 Å². The van der Waals surface area contributed by atoms with Crippen molar-refractivity contribution in [3.63, 3.8) is 0 Å². The van der Waals surface area contributed by atoms with Crippen LogP contribution in [-0.4, -0.2) is 12.0 Å². The molecule has 1 aromatic rings. The van der Waals surface area contributed by atoms with Crippen molar-refractivity contribution >= 4 is 11.3 Å². The van der Waals surface area contributed by atoms with E-state index in [9.17, 15) is 13.2 Å². The van der Waals surface area contributed by atoms with Crippen LogP contribution in [0.25, 0.3) is 0 Å². The van der Waals surface area contributed by atoms with E-state index < -0.39 is 11.2 Å². The van der Waals surface area contributed by atoms with Gasteiger partial charge in [0.2, 0.25) is 0 Å². The van der Waals surface area contributed by atoms with Gasteiger partial charge in [-0.25, -0.2) is 4.98 Å². The Labute approximate surface area is 103 Å². The molecule has 0 aliphatic carbocycles. The Bertz CT molecular complexity index is 371. The first-order valence-electron chi connectivity index (χ1n) is 5.42. The minimum atomic E-state index is -4.35. The Kier molecular flexibility index (Phi) is 4.19. The highest BCUT2D eigenvalue weighted by Gasteiger charge is 2.37. The minimum absolute atomic E-state index is 0.107. The fraction of sp³-hybridized carbons (Fsp3) is 0.727. The number of aromatic nitrogens is 1. The molecule has 2 nitrogen and oxygen atoms in total. The van der Waals surface area contributed by atoms with Gasteiger partial charge in [0.1, 0.15) is 0 Å². The van der Waals surface area contributed by atoms with Crippen LogP contribution < -0.4 is 5.32 Å². The zero-order valence-electron chi connectivity index (χ0n) is 10.4. The average Bonchev–Trinajstić information content (AvgIpc) is 2.67. The van der Waals surface area contributed by atoms with E-state index in [1.54, 1.807) is 7.05 Å². The Morgan fingerprint density at radius 2 is 2.00 bits per heavy atom. The maximum absolute atomic E-state index is 12.5. The molecule has 0 radical (unpaired) electrons. The first kappa shape index (κ1) is 14.4. The van der Waals surface area contributed by atoms with E-state index in [1.165, 1.54) is 6.20 Å². The van der Waals surface area contributed by atoms with Crippen molar-refractivity contribution in [1.82, 2.24) is 10.3 Å². The van der Waals surface area contributed by atoms with Gasteiger partial charge in [0.05, 0.1) is 0 Å². The summed E-state index contributed by atoms with van der Waals surface area (Å²) in [4.78, 5) is 4.09. The predicted molar refractivity (Wildman–Crippen MR) is 63.0 cm³/mol. The molecule has 1 aromatic heterocycles. The zero-order chi connectivity index (χ0) is 13.3. The summed E-state index contributed by atoms with van der Waals surface area (Å²) in [6.07, 6.45) is -2.15. The van der Waals surface area contributed by atoms with Gasteiger partial charge in [-0.1, -0.05) is 20.8 Å². The molecule has 0 bridgehead atoms. The van der Waals surface area contributed by atoms with E-state index in [-0.39, 0.29) is 11.5 Å². The van der Waals surface area contributed by atoms with Gasteiger partial charge in [0.15, 0.2) is 5.01 Å². The second kappa shape index (κ2) is 4.94. The van der Waals surface area contributed by atoms with Crippen molar-refractivity contribution in [3.8, 4) is 0 Å². The lowest BCUT2D eigenvalue weighted by Gasteiger charge is -2.32. The van der Waals surface area contributed by atoms with E-state index in [2.05, 4.69) is 10.3 Å². The van der Waals surface area contributed by atoms with Crippen molar-refractivity contribution in [2.75, 3.05) is 7.05 Å². The van der Waals surface area contributed by atoms with Crippen molar-refractivity contribution in [3.05, 3.63) is 16.1 Å². The second-order valence-corrected chi connectivity index (χ2v) is 5.69. The minimum Gasteiger partial charge on any atom is -0.312 e. The largest absolute Gasteiger partial charge is 0.443 e. The molecule has 6 heteroatoms. The smallest absolute Gasteiger partial charge is 0.312 e. The van der Waals surface area contributed by atoms with E-state index in [4.69, 9.17) is 0 Å². The van der Waals surface area contributed by atoms with Crippen molar-refractivity contribution < 1.29 is 13.2 Å². The number of nitrogens with zero attached hydrogens (tertiary/aromatic N) is 1. The molecule has 1 atom stereocenters. The molecule has 17 heavy (non-hydrogen) atoms. The molecular formula is C11H17F3N2S. The molecule has 1 unspecified atom stereocenters. The van der Waals surface area contributed by atoms with Crippen molar-refractivity contribution in [1.29, 1.82) is 0 Å². The summed E-state index contributed by atoms with van der Waals surface area (Å²) in [5.41, 5.74) is -0.107. The average molecular weight is 266 g/mol. The van der Waals surface area contributed by atoms with Gasteiger partial charge in [-0.2, -0.15) is 13.2 Å². The van der Waals surface area contributed by atoms with Crippen LogP contribution in [0.5, 0.6) is 0 Å². The highest BCUT2D eigenvalue weighted by atomic mass is 32.1. The Morgan fingerprint density at radius 3 is 2.35 bits per heavy atom. The number of hydrogen-bond acceptors (Lipinski definition) is 3. The Morgan fingerprint density at radius 1 is 1.41 bits per heavy atom.